The Kier molecular flexibility index (Phi) is 2.68. The van der Waals surface area contributed by atoms with E-state index in [9.17, 15) is 9.59 Å². The molecule has 2 amide bonds. The minimum Gasteiger partial charge on any atom is -0.310 e. The van der Waals surface area contributed by atoms with Gasteiger partial charge in [0.1, 0.15) is 10.7 Å². The van der Waals surface area contributed by atoms with E-state index in [4.69, 9.17) is 0 Å². The Morgan fingerprint density at radius 1 is 1.53 bits per heavy atom. The minimum absolute atomic E-state index is 0.175. The summed E-state index contributed by atoms with van der Waals surface area (Å²) < 4.78 is 3.60. The lowest BCUT2D eigenvalue weighted by atomic mass is 10.2. The molecule has 0 unspecified atom stereocenters. The number of carbonyl (C=O) groups excluding carboxylic acids is 2. The van der Waals surface area contributed by atoms with Crippen molar-refractivity contribution in [2.75, 3.05) is 5.32 Å². The first-order chi connectivity index (χ1) is 7.25. The first kappa shape index (κ1) is 9.71. The summed E-state index contributed by atoms with van der Waals surface area (Å²) in [4.78, 5) is 22.3. The molecule has 2 heterocycles. The quantitative estimate of drug-likeness (QED) is 0.724. The highest BCUT2D eigenvalue weighted by molar-refractivity contribution is 7.10. The zero-order valence-corrected chi connectivity index (χ0v) is 8.37. The lowest BCUT2D eigenvalue weighted by Crippen LogP contribution is -2.32. The van der Waals surface area contributed by atoms with Gasteiger partial charge in [0, 0.05) is 24.4 Å². The van der Waals surface area contributed by atoms with Crippen LogP contribution in [0.2, 0.25) is 0 Å². The second kappa shape index (κ2) is 4.13. The van der Waals surface area contributed by atoms with Gasteiger partial charge in [-0.25, -0.2) is 5.43 Å². The van der Waals surface area contributed by atoms with Crippen LogP contribution in [-0.2, 0) is 9.59 Å². The average molecular weight is 225 g/mol. The van der Waals surface area contributed by atoms with E-state index in [-0.39, 0.29) is 18.2 Å². The first-order valence-electron chi connectivity index (χ1n) is 4.20. The molecule has 0 fully saturated rings. The van der Waals surface area contributed by atoms with Crippen molar-refractivity contribution in [3.05, 3.63) is 6.20 Å². The van der Waals surface area contributed by atoms with Gasteiger partial charge in [-0.15, -0.1) is 5.10 Å². The summed E-state index contributed by atoms with van der Waals surface area (Å²) in [6.07, 6.45) is 2.08. The number of hydrogen-bond acceptors (Lipinski definition) is 6. The van der Waals surface area contributed by atoms with Crippen LogP contribution >= 0.6 is 11.5 Å². The third-order valence-corrected chi connectivity index (χ3v) is 2.34. The van der Waals surface area contributed by atoms with Gasteiger partial charge < -0.3 is 5.32 Å². The predicted molar refractivity (Wildman–Crippen MR) is 53.4 cm³/mol. The summed E-state index contributed by atoms with van der Waals surface area (Å²) >= 11 is 1.08. The van der Waals surface area contributed by atoms with Crippen LogP contribution in [0.3, 0.4) is 0 Å². The number of amides is 2. The number of nitrogens with zero attached hydrogens (tertiary/aromatic N) is 3. The zero-order chi connectivity index (χ0) is 10.7. The van der Waals surface area contributed by atoms with E-state index in [1.165, 1.54) is 6.20 Å². The third-order valence-electron chi connectivity index (χ3n) is 1.76. The van der Waals surface area contributed by atoms with E-state index >= 15 is 0 Å². The predicted octanol–water partition coefficient (Wildman–Crippen LogP) is -0.257. The Hall–Kier alpha value is -1.83. The molecule has 1 aromatic rings. The summed E-state index contributed by atoms with van der Waals surface area (Å²) in [6.45, 7) is 0. The minimum atomic E-state index is -0.332. The molecule has 0 spiro atoms. The lowest BCUT2D eigenvalue weighted by Gasteiger charge is -2.10. The van der Waals surface area contributed by atoms with Crippen molar-refractivity contribution in [1.82, 2.24) is 15.0 Å². The van der Waals surface area contributed by atoms with E-state index in [0.29, 0.717) is 17.1 Å². The van der Waals surface area contributed by atoms with Crippen molar-refractivity contribution in [2.45, 2.75) is 12.8 Å². The second-order valence-corrected chi connectivity index (χ2v) is 3.62. The van der Waals surface area contributed by atoms with Crippen LogP contribution in [0.1, 0.15) is 12.8 Å². The monoisotopic (exact) mass is 225 g/mol. The molecule has 2 rings (SSSR count). The molecule has 1 aliphatic rings. The highest BCUT2D eigenvalue weighted by atomic mass is 32.1. The molecule has 0 aromatic carbocycles. The summed E-state index contributed by atoms with van der Waals surface area (Å²) in [5.41, 5.74) is 2.56. The summed E-state index contributed by atoms with van der Waals surface area (Å²) in [7, 11) is 0. The van der Waals surface area contributed by atoms with Gasteiger partial charge in [-0.3, -0.25) is 9.59 Å². The molecule has 0 aliphatic carbocycles. The van der Waals surface area contributed by atoms with Crippen LogP contribution in [-0.4, -0.2) is 27.1 Å². The fraction of sp³-hybridized carbons (Fsp3) is 0.286. The average Bonchev–Trinajstić information content (AvgIpc) is 2.71. The van der Waals surface area contributed by atoms with Gasteiger partial charge >= 0.3 is 0 Å². The molecule has 7 nitrogen and oxygen atoms in total. The summed E-state index contributed by atoms with van der Waals surface area (Å²) in [5.74, 6) is -0.507. The highest BCUT2D eigenvalue weighted by Gasteiger charge is 2.18. The number of hydrazone groups is 1. The molecule has 2 N–H and O–H groups in total. The Morgan fingerprint density at radius 3 is 3.00 bits per heavy atom. The molecule has 8 heteroatoms. The molecule has 0 saturated carbocycles. The fourth-order valence-electron chi connectivity index (χ4n) is 1.04. The van der Waals surface area contributed by atoms with Crippen molar-refractivity contribution in [1.29, 1.82) is 0 Å². The van der Waals surface area contributed by atoms with Gasteiger partial charge in [-0.05, 0) is 0 Å². The molecule has 1 aliphatic heterocycles. The fourth-order valence-corrected chi connectivity index (χ4v) is 1.46. The van der Waals surface area contributed by atoms with Crippen molar-refractivity contribution >= 4 is 34.1 Å². The maximum atomic E-state index is 11.5. The van der Waals surface area contributed by atoms with Crippen molar-refractivity contribution in [3.8, 4) is 0 Å². The van der Waals surface area contributed by atoms with Crippen LogP contribution in [0.25, 0.3) is 0 Å². The van der Waals surface area contributed by atoms with Crippen LogP contribution < -0.4 is 10.7 Å². The van der Waals surface area contributed by atoms with Gasteiger partial charge in [0.15, 0.2) is 0 Å². The Balaban J connectivity index is 2.00. The van der Waals surface area contributed by atoms with E-state index in [0.717, 1.165) is 11.5 Å². The van der Waals surface area contributed by atoms with Crippen LogP contribution in [0.5, 0.6) is 0 Å². The number of carbonyl (C=O) groups is 2. The lowest BCUT2D eigenvalue weighted by molar-refractivity contribution is -0.121. The van der Waals surface area contributed by atoms with E-state index in [1.807, 2.05) is 0 Å². The summed E-state index contributed by atoms with van der Waals surface area (Å²) in [6, 6.07) is 0. The number of nitrogens with one attached hydrogen (secondary N) is 2. The van der Waals surface area contributed by atoms with Gasteiger partial charge in [-0.2, -0.15) is 5.10 Å². The Labute approximate surface area is 88.7 Å². The van der Waals surface area contributed by atoms with Crippen molar-refractivity contribution in [2.24, 2.45) is 5.10 Å². The number of anilines is 1. The maximum Gasteiger partial charge on any atom is 0.272 e. The first-order valence-corrected chi connectivity index (χ1v) is 4.97. The van der Waals surface area contributed by atoms with Crippen LogP contribution in [0, 0.1) is 0 Å². The topological polar surface area (TPSA) is 96.3 Å². The summed E-state index contributed by atoms with van der Waals surface area (Å²) in [5, 5.41) is 10.4. The van der Waals surface area contributed by atoms with E-state index < -0.39 is 0 Å². The van der Waals surface area contributed by atoms with Gasteiger partial charge in [-0.1, -0.05) is 4.49 Å². The molecular weight excluding hydrogens is 218 g/mol. The highest BCUT2D eigenvalue weighted by Crippen LogP contribution is 2.10. The number of hydrogen-bond donors (Lipinski definition) is 2. The molecule has 15 heavy (non-hydrogen) atoms. The molecule has 0 radical (unpaired) electrons. The molecule has 1 aromatic heterocycles. The Morgan fingerprint density at radius 2 is 2.40 bits per heavy atom. The second-order valence-electron chi connectivity index (χ2n) is 2.83. The maximum absolute atomic E-state index is 11.5. The molecule has 0 saturated heterocycles. The van der Waals surface area contributed by atoms with Gasteiger partial charge in [0.2, 0.25) is 5.91 Å². The normalized spacial score (nSPS) is 15.5. The molecular formula is C7H7N5O2S. The van der Waals surface area contributed by atoms with Crippen LogP contribution in [0.15, 0.2) is 11.3 Å². The third kappa shape index (κ3) is 2.34. The molecule has 0 bridgehead atoms. The Bertz CT molecular complexity index is 413. The largest absolute Gasteiger partial charge is 0.310 e. The molecule has 78 valence electrons. The SMILES string of the molecule is O=C1CCC(C(=O)Nc2cnns2)=NN1. The molecule has 0 atom stereocenters. The van der Waals surface area contributed by atoms with Crippen molar-refractivity contribution in [3.63, 3.8) is 0 Å². The van der Waals surface area contributed by atoms with E-state index in [2.05, 4.69) is 25.4 Å². The smallest absolute Gasteiger partial charge is 0.272 e. The van der Waals surface area contributed by atoms with Crippen molar-refractivity contribution < 1.29 is 9.59 Å². The standard InChI is InChI=1S/C7H7N5O2S/c13-5-2-1-4(10-11-5)7(14)9-6-3-8-12-15-6/h3H,1-2H2,(H,9,14)(H,11,13). The number of rotatable bonds is 2. The van der Waals surface area contributed by atoms with Crippen LogP contribution in [0.4, 0.5) is 5.00 Å². The zero-order valence-electron chi connectivity index (χ0n) is 7.56. The van der Waals surface area contributed by atoms with Gasteiger partial charge in [0.25, 0.3) is 5.91 Å². The number of aromatic nitrogens is 2. The van der Waals surface area contributed by atoms with Gasteiger partial charge in [0.05, 0.1) is 6.20 Å². The van der Waals surface area contributed by atoms with E-state index in [1.54, 1.807) is 0 Å².